The van der Waals surface area contributed by atoms with E-state index in [1.165, 1.54) is 11.1 Å². The number of hydrogen-bond acceptors (Lipinski definition) is 14. The average molecular weight is 943 g/mol. The van der Waals surface area contributed by atoms with E-state index in [1.54, 1.807) is 35.7 Å². The van der Waals surface area contributed by atoms with Gasteiger partial charge in [-0.15, -0.1) is 21.5 Å². The third kappa shape index (κ3) is 8.11. The molecule has 3 saturated heterocycles. The van der Waals surface area contributed by atoms with Crippen molar-refractivity contribution >= 4 is 63.4 Å². The van der Waals surface area contributed by atoms with Crippen LogP contribution in [0, 0.1) is 23.4 Å². The van der Waals surface area contributed by atoms with E-state index in [1.807, 2.05) is 10.2 Å². The van der Waals surface area contributed by atoms with Crippen molar-refractivity contribution in [3.05, 3.63) is 111 Å². The van der Waals surface area contributed by atoms with E-state index < -0.39 is 126 Å². The van der Waals surface area contributed by atoms with Gasteiger partial charge in [-0.1, -0.05) is 12.1 Å². The summed E-state index contributed by atoms with van der Waals surface area (Å²) in [4.78, 5) is 86.3. The van der Waals surface area contributed by atoms with Gasteiger partial charge in [-0.05, 0) is 73.2 Å². The number of aromatic hydroxyl groups is 1. The van der Waals surface area contributed by atoms with Gasteiger partial charge in [-0.25, -0.2) is 18.2 Å². The summed E-state index contributed by atoms with van der Waals surface area (Å²) in [5.41, 5.74) is -2.24. The van der Waals surface area contributed by atoms with E-state index in [-0.39, 0.29) is 66.5 Å². The van der Waals surface area contributed by atoms with E-state index in [2.05, 4.69) is 20.5 Å². The number of fused-ring (bicyclic) bond motifs is 2. The Hall–Kier alpha value is -7.26. The van der Waals surface area contributed by atoms with Crippen LogP contribution in [0.1, 0.15) is 84.9 Å². The molecule has 344 valence electrons. The Labute approximate surface area is 395 Å². The predicted molar refractivity (Wildman–Crippen MR) is 236 cm³/mol. The van der Waals surface area contributed by atoms with Gasteiger partial charge in [0, 0.05) is 92.3 Å². The molecule has 2 unspecified atom stereocenters. The van der Waals surface area contributed by atoms with Crippen LogP contribution in [0.4, 0.5) is 29.8 Å². The molecule has 5 aliphatic heterocycles. The molecule has 0 radical (unpaired) electrons. The molecule has 2 atom stereocenters. The first-order chi connectivity index (χ1) is 35.3. The van der Waals surface area contributed by atoms with Gasteiger partial charge in [0.2, 0.25) is 11.8 Å². The summed E-state index contributed by atoms with van der Waals surface area (Å²) in [6.07, 6.45) is 1.29. The maximum absolute atomic E-state index is 16.6. The Morgan fingerprint density at radius 3 is 2.40 bits per heavy atom. The molecule has 2 aromatic heterocycles. The van der Waals surface area contributed by atoms with Crippen molar-refractivity contribution in [2.75, 3.05) is 60.7 Å². The molecule has 17 nitrogen and oxygen atoms in total. The predicted octanol–water partition coefficient (Wildman–Crippen LogP) is 4.50. The molecule has 0 bridgehead atoms. The quantitative estimate of drug-likeness (QED) is 0.166. The number of piperidine rings is 2. The number of carbonyl (C=O) groups is 6. The minimum Gasteiger partial charge on any atom is -0.508 e. The fourth-order valence-electron chi connectivity index (χ4n) is 8.82. The van der Waals surface area contributed by atoms with Crippen molar-refractivity contribution in [3.8, 4) is 17.0 Å². The molecule has 0 spiro atoms. The lowest BCUT2D eigenvalue weighted by atomic mass is 9.96. The first-order valence-corrected chi connectivity index (χ1v) is 21.8. The molecule has 3 fully saturated rings. The van der Waals surface area contributed by atoms with E-state index in [0.717, 1.165) is 29.5 Å². The van der Waals surface area contributed by atoms with Crippen LogP contribution < -0.4 is 20.4 Å². The highest BCUT2D eigenvalue weighted by atomic mass is 32.1. The van der Waals surface area contributed by atoms with Gasteiger partial charge in [0.25, 0.3) is 23.6 Å². The third-order valence-electron chi connectivity index (χ3n) is 12.2. The van der Waals surface area contributed by atoms with Crippen LogP contribution in [0.25, 0.3) is 11.3 Å². The van der Waals surface area contributed by atoms with Crippen LogP contribution in [0.3, 0.4) is 0 Å². The molecule has 7 heterocycles. The zero-order valence-corrected chi connectivity index (χ0v) is 35.6. The normalized spacial score (nSPS) is 24.3. The second kappa shape index (κ2) is 17.5. The molecule has 67 heavy (non-hydrogen) atoms. The van der Waals surface area contributed by atoms with Gasteiger partial charge in [0.05, 0.1) is 22.3 Å². The highest BCUT2D eigenvalue weighted by Crippen LogP contribution is 2.39. The number of phenols is 1. The fraction of sp³-hybridized carbons (Fsp3) is 0.326. The number of nitrogens with zero attached hydrogens (tertiary/aromatic N) is 8. The Balaban J connectivity index is 0.826. The van der Waals surface area contributed by atoms with Crippen molar-refractivity contribution in [2.45, 2.75) is 44.3 Å². The van der Waals surface area contributed by atoms with E-state index >= 15 is 8.78 Å². The Morgan fingerprint density at radius 2 is 1.69 bits per heavy atom. The lowest BCUT2D eigenvalue weighted by Gasteiger charge is -2.40. The minimum absolute atomic E-state index is 0.0507. The standard InChI is InChI=1S/C46H41F3N10O7S/c47-27-3-6-34(60)29(20-27)39(42(63)52-46-50-11-18-67-46)58-23-26-2-1-25(19-28(26)43(58)64)32-4-7-35(54-53-32)56-12-9-24(10-13-56)22-55-14-16-57(17-15-55)40-31(48)21-30-37(38(40)49)45(66)59(44(30)65)33-5-8-36(61)51-41(33)62/h1-4,6-7,11,18-21,24,33,39,60H,5,8-10,12-17,22-23H2,(H,50,52,63)(H,51,61,62)/i14D2,15D2,16D2,17D2. The monoisotopic (exact) mass is 942 g/mol. The second-order valence-electron chi connectivity index (χ2n) is 16.2. The fourth-order valence-corrected chi connectivity index (χ4v) is 9.35. The summed E-state index contributed by atoms with van der Waals surface area (Å²) in [6.45, 7) is -14.7. The number of nitrogens with one attached hydrogen (secondary N) is 2. The number of phenolic OH excluding ortho intramolecular Hbond substituents is 1. The van der Waals surface area contributed by atoms with Crippen molar-refractivity contribution in [1.82, 2.24) is 35.2 Å². The smallest absolute Gasteiger partial charge is 0.265 e. The first kappa shape index (κ1) is 35.0. The molecular weight excluding hydrogens is 894 g/mol. The number of aromatic nitrogens is 3. The van der Waals surface area contributed by atoms with E-state index in [9.17, 15) is 38.3 Å². The first-order valence-electron chi connectivity index (χ1n) is 24.9. The molecule has 3 aromatic carbocycles. The number of piperazine rings is 1. The molecule has 6 amide bonds. The van der Waals surface area contributed by atoms with Gasteiger partial charge in [-0.2, -0.15) is 0 Å². The number of rotatable bonds is 10. The van der Waals surface area contributed by atoms with E-state index in [0.29, 0.717) is 38.5 Å². The van der Waals surface area contributed by atoms with Crippen LogP contribution in [-0.2, 0) is 20.9 Å². The van der Waals surface area contributed by atoms with Gasteiger partial charge < -0.3 is 19.8 Å². The number of thiazole rings is 1. The lowest BCUT2D eigenvalue weighted by Crippen LogP contribution is -2.54. The Morgan fingerprint density at radius 1 is 0.896 bits per heavy atom. The third-order valence-corrected chi connectivity index (χ3v) is 12.9. The van der Waals surface area contributed by atoms with Crippen molar-refractivity contribution in [2.24, 2.45) is 5.92 Å². The number of halogens is 3. The largest absolute Gasteiger partial charge is 0.508 e. The van der Waals surface area contributed by atoms with Crippen molar-refractivity contribution < 1.29 is 58.0 Å². The number of benzene rings is 3. The van der Waals surface area contributed by atoms with Gasteiger partial charge in [0.1, 0.15) is 35.2 Å². The average Bonchev–Trinajstić information content (AvgIpc) is 4.06. The molecule has 5 aliphatic rings. The van der Waals surface area contributed by atoms with Crippen LogP contribution in [0.5, 0.6) is 5.75 Å². The van der Waals surface area contributed by atoms with Gasteiger partial charge in [-0.3, -0.25) is 49.2 Å². The highest BCUT2D eigenvalue weighted by Gasteiger charge is 2.48. The molecule has 3 N–H and O–H groups in total. The number of imide groups is 2. The molecule has 21 heteroatoms. The van der Waals surface area contributed by atoms with Crippen LogP contribution in [-0.4, -0.2) is 122 Å². The zero-order chi connectivity index (χ0) is 53.8. The molecule has 10 rings (SSSR count). The number of hydrogen-bond donors (Lipinski definition) is 3. The number of anilines is 3. The van der Waals surface area contributed by atoms with Crippen LogP contribution in [0.15, 0.2) is 66.2 Å². The zero-order valence-electron chi connectivity index (χ0n) is 42.8. The molecule has 0 saturated carbocycles. The summed E-state index contributed by atoms with van der Waals surface area (Å²) in [6, 6.07) is 8.66. The summed E-state index contributed by atoms with van der Waals surface area (Å²) in [7, 11) is 0. The van der Waals surface area contributed by atoms with Crippen LogP contribution >= 0.6 is 11.3 Å². The number of carbonyl (C=O) groups excluding carboxylic acids is 6. The molecule has 5 aromatic rings. The van der Waals surface area contributed by atoms with E-state index in [4.69, 9.17) is 11.0 Å². The molecule has 0 aliphatic carbocycles. The van der Waals surface area contributed by atoms with Crippen LogP contribution in [0.2, 0.25) is 0 Å². The maximum Gasteiger partial charge on any atom is 0.265 e. The van der Waals surface area contributed by atoms with Gasteiger partial charge >= 0.3 is 0 Å². The summed E-state index contributed by atoms with van der Waals surface area (Å²) in [5.74, 6) is -11.0. The van der Waals surface area contributed by atoms with Crippen molar-refractivity contribution in [3.63, 3.8) is 0 Å². The maximum atomic E-state index is 16.6. The lowest BCUT2D eigenvalue weighted by molar-refractivity contribution is -0.136. The second-order valence-corrected chi connectivity index (χ2v) is 17.1. The summed E-state index contributed by atoms with van der Waals surface area (Å²) < 4.78 is 119. The Kier molecular flexibility index (Phi) is 9.15. The minimum atomic E-state index is -3.77. The topological polar surface area (TPSA) is 202 Å². The summed E-state index contributed by atoms with van der Waals surface area (Å²) in [5, 5.41) is 25.9. The highest BCUT2D eigenvalue weighted by molar-refractivity contribution is 7.13. The van der Waals surface area contributed by atoms with Crippen molar-refractivity contribution in [1.29, 1.82) is 0 Å². The SMILES string of the molecule is [2H]C1([2H])N(CC2CCN(c3ccc(-c4ccc5c(c4)C(=O)N(C(C(=O)Nc4nccs4)c4cc(F)ccc4O)C5)nn3)CC2)C([2H])([2H])C([2H])([2H])N(c2c(F)cc3c(c2F)C(=O)N(C2CCC(=O)NC2=O)C3=O)C1([2H])[2H]. The van der Waals surface area contributed by atoms with Gasteiger partial charge in [0.15, 0.2) is 16.8 Å². The molecular formula is C46H41F3N10O7S. The number of amides is 6. The summed E-state index contributed by atoms with van der Waals surface area (Å²) >= 11 is 1.13. The Bertz CT molecular complexity index is 3220.